The summed E-state index contributed by atoms with van der Waals surface area (Å²) >= 11 is 0. The third-order valence-corrected chi connectivity index (χ3v) is 2.71. The van der Waals surface area contributed by atoms with E-state index in [9.17, 15) is 4.79 Å². The number of hydrogen-bond donors (Lipinski definition) is 3. The molecule has 1 atom stereocenters. The molecular formula is C11H16N4O2. The molecular weight excluding hydrogens is 220 g/mol. The summed E-state index contributed by atoms with van der Waals surface area (Å²) < 4.78 is 5.20. The first kappa shape index (κ1) is 11.8. The van der Waals surface area contributed by atoms with Crippen LogP contribution in [0.2, 0.25) is 0 Å². The fourth-order valence-electron chi connectivity index (χ4n) is 1.77. The highest BCUT2D eigenvalue weighted by Gasteiger charge is 2.20. The van der Waals surface area contributed by atoms with Gasteiger partial charge in [-0.1, -0.05) is 0 Å². The van der Waals surface area contributed by atoms with E-state index in [2.05, 4.69) is 15.7 Å². The normalized spacial score (nSPS) is 19.1. The first-order chi connectivity index (χ1) is 8.20. The Balaban J connectivity index is 2.12. The highest BCUT2D eigenvalue weighted by molar-refractivity contribution is 5.99. The number of nitrogens with one attached hydrogen (secondary N) is 2. The average molecular weight is 236 g/mol. The number of anilines is 1. The second-order valence-electron chi connectivity index (χ2n) is 4.05. The van der Waals surface area contributed by atoms with Crippen molar-refractivity contribution in [2.45, 2.75) is 19.4 Å². The van der Waals surface area contributed by atoms with E-state index in [0.717, 1.165) is 12.1 Å². The molecule has 1 aliphatic rings. The summed E-state index contributed by atoms with van der Waals surface area (Å²) in [4.78, 5) is 16.1. The Morgan fingerprint density at radius 1 is 1.65 bits per heavy atom. The Hall–Kier alpha value is -1.66. The lowest BCUT2D eigenvalue weighted by Gasteiger charge is -2.13. The fraction of sp³-hybridized carbons (Fsp3) is 0.455. The molecule has 2 rings (SSSR count). The summed E-state index contributed by atoms with van der Waals surface area (Å²) in [7, 11) is 0. The summed E-state index contributed by atoms with van der Waals surface area (Å²) in [5.41, 5.74) is 4.34. The van der Waals surface area contributed by atoms with E-state index in [0.29, 0.717) is 24.5 Å². The van der Waals surface area contributed by atoms with Crippen LogP contribution in [0.4, 0.5) is 5.69 Å². The maximum Gasteiger partial charge on any atom is 0.255 e. The van der Waals surface area contributed by atoms with E-state index in [1.807, 2.05) is 6.92 Å². The van der Waals surface area contributed by atoms with Crippen molar-refractivity contribution >= 4 is 11.6 Å². The van der Waals surface area contributed by atoms with Gasteiger partial charge in [-0.3, -0.25) is 15.6 Å². The highest BCUT2D eigenvalue weighted by Crippen LogP contribution is 2.15. The van der Waals surface area contributed by atoms with Gasteiger partial charge in [-0.05, 0) is 19.4 Å². The first-order valence-electron chi connectivity index (χ1n) is 5.52. The van der Waals surface area contributed by atoms with Gasteiger partial charge in [-0.2, -0.15) is 0 Å². The zero-order valence-corrected chi connectivity index (χ0v) is 9.69. The van der Waals surface area contributed by atoms with Gasteiger partial charge in [0, 0.05) is 18.5 Å². The average Bonchev–Trinajstić information content (AvgIpc) is 2.81. The minimum Gasteiger partial charge on any atom is -0.379 e. The number of ether oxygens (including phenoxy) is 1. The standard InChI is InChI=1S/C11H16N4O2/c1-7-4-10(15-12)9(5-13-7)11(16)14-8-2-3-17-6-8/h4-5,8H,2-3,6,12H2,1H3,(H,13,15)(H,14,16). The predicted molar refractivity (Wildman–Crippen MR) is 63.5 cm³/mol. The minimum absolute atomic E-state index is 0.0782. The Morgan fingerprint density at radius 3 is 3.12 bits per heavy atom. The van der Waals surface area contributed by atoms with Crippen molar-refractivity contribution in [1.29, 1.82) is 0 Å². The number of hydrazine groups is 1. The van der Waals surface area contributed by atoms with Gasteiger partial charge in [-0.25, -0.2) is 0 Å². The summed E-state index contributed by atoms with van der Waals surface area (Å²) in [5.74, 6) is 5.20. The summed E-state index contributed by atoms with van der Waals surface area (Å²) in [6.45, 7) is 3.10. The van der Waals surface area contributed by atoms with Crippen LogP contribution in [0.3, 0.4) is 0 Å². The SMILES string of the molecule is Cc1cc(NN)c(C(=O)NC2CCOC2)cn1. The molecule has 0 spiro atoms. The van der Waals surface area contributed by atoms with Crippen LogP contribution in [-0.4, -0.2) is 30.1 Å². The van der Waals surface area contributed by atoms with Gasteiger partial charge in [-0.15, -0.1) is 0 Å². The number of aryl methyl sites for hydroxylation is 1. The summed E-state index contributed by atoms with van der Waals surface area (Å²) in [6, 6.07) is 1.81. The van der Waals surface area contributed by atoms with Crippen molar-refractivity contribution in [2.75, 3.05) is 18.6 Å². The number of carbonyl (C=O) groups excluding carboxylic acids is 1. The van der Waals surface area contributed by atoms with E-state index < -0.39 is 0 Å². The second kappa shape index (κ2) is 5.11. The van der Waals surface area contributed by atoms with Crippen molar-refractivity contribution in [3.05, 3.63) is 23.5 Å². The van der Waals surface area contributed by atoms with Crippen molar-refractivity contribution < 1.29 is 9.53 Å². The van der Waals surface area contributed by atoms with Crippen LogP contribution >= 0.6 is 0 Å². The third-order valence-electron chi connectivity index (χ3n) is 2.71. The van der Waals surface area contributed by atoms with Gasteiger partial charge in [0.05, 0.1) is 23.9 Å². The lowest BCUT2D eigenvalue weighted by Crippen LogP contribution is -2.35. The van der Waals surface area contributed by atoms with Crippen molar-refractivity contribution in [1.82, 2.24) is 10.3 Å². The van der Waals surface area contributed by atoms with Crippen molar-refractivity contribution in [3.63, 3.8) is 0 Å². The van der Waals surface area contributed by atoms with E-state index in [4.69, 9.17) is 10.6 Å². The van der Waals surface area contributed by atoms with Crippen molar-refractivity contribution in [2.24, 2.45) is 5.84 Å². The van der Waals surface area contributed by atoms with Crippen LogP contribution in [0.25, 0.3) is 0 Å². The Bertz CT molecular complexity index is 416. The monoisotopic (exact) mass is 236 g/mol. The van der Waals surface area contributed by atoms with Crippen molar-refractivity contribution in [3.8, 4) is 0 Å². The Labute approximate surface area is 99.5 Å². The fourth-order valence-corrected chi connectivity index (χ4v) is 1.77. The van der Waals surface area contributed by atoms with E-state index in [1.165, 1.54) is 6.20 Å². The Morgan fingerprint density at radius 2 is 2.47 bits per heavy atom. The molecule has 1 aromatic rings. The van der Waals surface area contributed by atoms with E-state index >= 15 is 0 Å². The molecule has 0 aliphatic carbocycles. The molecule has 92 valence electrons. The zero-order chi connectivity index (χ0) is 12.3. The van der Waals surface area contributed by atoms with Crippen LogP contribution in [0, 0.1) is 6.92 Å². The molecule has 2 heterocycles. The van der Waals surface area contributed by atoms with Gasteiger partial charge in [0.25, 0.3) is 5.91 Å². The molecule has 1 aliphatic heterocycles. The predicted octanol–water partition coefficient (Wildman–Crippen LogP) is 0.194. The Kier molecular flexibility index (Phi) is 3.55. The number of amides is 1. The minimum atomic E-state index is -0.180. The van der Waals surface area contributed by atoms with E-state index in [-0.39, 0.29) is 11.9 Å². The number of aromatic nitrogens is 1. The number of nitrogens with zero attached hydrogens (tertiary/aromatic N) is 1. The van der Waals surface area contributed by atoms with Crippen LogP contribution in [0.15, 0.2) is 12.3 Å². The molecule has 1 amide bonds. The maximum atomic E-state index is 12.0. The number of carbonyl (C=O) groups is 1. The second-order valence-corrected chi connectivity index (χ2v) is 4.05. The summed E-state index contributed by atoms with van der Waals surface area (Å²) in [5, 5.41) is 2.89. The zero-order valence-electron chi connectivity index (χ0n) is 9.69. The molecule has 1 fully saturated rings. The lowest BCUT2D eigenvalue weighted by molar-refractivity contribution is 0.0930. The molecule has 1 aromatic heterocycles. The number of rotatable bonds is 3. The molecule has 4 N–H and O–H groups in total. The lowest BCUT2D eigenvalue weighted by atomic mass is 10.2. The van der Waals surface area contributed by atoms with Crippen LogP contribution in [-0.2, 0) is 4.74 Å². The van der Waals surface area contributed by atoms with Crippen LogP contribution in [0.1, 0.15) is 22.5 Å². The quantitative estimate of drug-likeness (QED) is 0.515. The molecule has 0 saturated carbocycles. The van der Waals surface area contributed by atoms with Gasteiger partial charge in [0.15, 0.2) is 0 Å². The number of hydrogen-bond acceptors (Lipinski definition) is 5. The number of pyridine rings is 1. The van der Waals surface area contributed by atoms with Gasteiger partial charge < -0.3 is 15.5 Å². The topological polar surface area (TPSA) is 89.3 Å². The largest absolute Gasteiger partial charge is 0.379 e. The van der Waals surface area contributed by atoms with Crippen LogP contribution in [0.5, 0.6) is 0 Å². The number of nitrogens with two attached hydrogens (primary N) is 1. The van der Waals surface area contributed by atoms with Crippen LogP contribution < -0.4 is 16.6 Å². The van der Waals surface area contributed by atoms with Gasteiger partial charge in [0.2, 0.25) is 0 Å². The molecule has 6 nitrogen and oxygen atoms in total. The molecule has 17 heavy (non-hydrogen) atoms. The molecule has 1 saturated heterocycles. The first-order valence-corrected chi connectivity index (χ1v) is 5.52. The number of nitrogen functional groups attached to an aromatic ring is 1. The van der Waals surface area contributed by atoms with Gasteiger partial charge >= 0.3 is 0 Å². The maximum absolute atomic E-state index is 12.0. The van der Waals surface area contributed by atoms with E-state index in [1.54, 1.807) is 6.07 Å². The van der Waals surface area contributed by atoms with Gasteiger partial charge in [0.1, 0.15) is 0 Å². The third kappa shape index (κ3) is 2.72. The molecule has 0 radical (unpaired) electrons. The molecule has 0 bridgehead atoms. The molecule has 0 aromatic carbocycles. The molecule has 1 unspecified atom stereocenters. The summed E-state index contributed by atoms with van der Waals surface area (Å²) in [6.07, 6.45) is 2.37. The highest BCUT2D eigenvalue weighted by atomic mass is 16.5. The smallest absolute Gasteiger partial charge is 0.255 e. The molecule has 6 heteroatoms.